The van der Waals surface area contributed by atoms with Gasteiger partial charge in [-0.05, 0) is 35.1 Å². The number of alkyl carbamates (subject to hydrolysis) is 1. The highest BCUT2D eigenvalue weighted by Crippen LogP contribution is 2.44. The fraction of sp³-hybridized carbons (Fsp3) is 0.423. The van der Waals surface area contributed by atoms with Crippen molar-refractivity contribution in [3.05, 3.63) is 59.7 Å². The third kappa shape index (κ3) is 6.15. The summed E-state index contributed by atoms with van der Waals surface area (Å²) in [6.07, 6.45) is -4.66. The van der Waals surface area contributed by atoms with Crippen LogP contribution in [0.2, 0.25) is 0 Å². The van der Waals surface area contributed by atoms with Crippen LogP contribution in [0.5, 0.6) is 0 Å². The molecule has 7 nitrogen and oxygen atoms in total. The molecule has 3 rings (SSSR count). The smallest absolute Gasteiger partial charge is 0.407 e. The number of benzene rings is 2. The summed E-state index contributed by atoms with van der Waals surface area (Å²) in [6, 6.07) is 13.3. The fourth-order valence-corrected chi connectivity index (χ4v) is 4.69. The maximum absolute atomic E-state index is 13.2. The topological polar surface area (TPSA) is 105 Å². The molecule has 0 radical (unpaired) electrons. The number of halogens is 2. The maximum atomic E-state index is 13.2. The second-order valence-electron chi connectivity index (χ2n) is 9.08. The largest absolute Gasteiger partial charge is 0.481 e. The standard InChI is InChI=1S/C26H30F2N2O5/c1-14(2)23(25(33)30-21(24(27)28)12-22(31)32)15(3)29-26(34)35-13-20-18-10-6-4-8-16(18)17-9-5-7-11-19(17)20/h4-11,14-15,20-21,23-24H,12-13H2,1-3H3,(H,29,34)(H,30,33)(H,31,32). The van der Waals surface area contributed by atoms with Crippen LogP contribution in [0, 0.1) is 11.8 Å². The number of carbonyl (C=O) groups is 3. The van der Waals surface area contributed by atoms with Gasteiger partial charge in [0.1, 0.15) is 12.6 Å². The third-order valence-electron chi connectivity index (χ3n) is 6.28. The zero-order valence-electron chi connectivity index (χ0n) is 19.8. The summed E-state index contributed by atoms with van der Waals surface area (Å²) in [6.45, 7) is 5.11. The van der Waals surface area contributed by atoms with Crippen LogP contribution < -0.4 is 10.6 Å². The fourth-order valence-electron chi connectivity index (χ4n) is 4.69. The van der Waals surface area contributed by atoms with E-state index < -0.39 is 48.8 Å². The van der Waals surface area contributed by atoms with Crippen molar-refractivity contribution in [2.24, 2.45) is 11.8 Å². The lowest BCUT2D eigenvalue weighted by atomic mass is 9.88. The van der Waals surface area contributed by atoms with Crippen molar-refractivity contribution < 1.29 is 33.0 Å². The van der Waals surface area contributed by atoms with Gasteiger partial charge in [0.25, 0.3) is 6.43 Å². The number of nitrogens with one attached hydrogen (secondary N) is 2. The number of carbonyl (C=O) groups excluding carboxylic acids is 2. The Morgan fingerprint density at radius 3 is 1.97 bits per heavy atom. The minimum Gasteiger partial charge on any atom is -0.481 e. The number of alkyl halides is 2. The molecule has 3 atom stereocenters. The van der Waals surface area contributed by atoms with Crippen LogP contribution in [0.1, 0.15) is 44.2 Å². The van der Waals surface area contributed by atoms with Gasteiger partial charge in [-0.2, -0.15) is 0 Å². The molecule has 3 N–H and O–H groups in total. The molecule has 0 saturated carbocycles. The molecule has 1 aliphatic rings. The van der Waals surface area contributed by atoms with Crippen molar-refractivity contribution in [3.63, 3.8) is 0 Å². The quantitative estimate of drug-likeness (QED) is 0.460. The lowest BCUT2D eigenvalue weighted by molar-refractivity contribution is -0.139. The number of aliphatic carboxylic acids is 1. The van der Waals surface area contributed by atoms with Crippen LogP contribution in [-0.4, -0.2) is 48.2 Å². The minimum atomic E-state index is -3.03. The molecule has 0 aliphatic heterocycles. The molecule has 0 saturated heterocycles. The van der Waals surface area contributed by atoms with Crippen molar-refractivity contribution in [1.82, 2.24) is 10.6 Å². The van der Waals surface area contributed by atoms with E-state index in [1.54, 1.807) is 20.8 Å². The van der Waals surface area contributed by atoms with E-state index in [0.717, 1.165) is 22.3 Å². The number of carboxylic acids is 1. The van der Waals surface area contributed by atoms with Gasteiger partial charge in [0.2, 0.25) is 5.91 Å². The van der Waals surface area contributed by atoms with E-state index >= 15 is 0 Å². The van der Waals surface area contributed by atoms with Crippen molar-refractivity contribution in [1.29, 1.82) is 0 Å². The predicted molar refractivity (Wildman–Crippen MR) is 126 cm³/mol. The summed E-state index contributed by atoms with van der Waals surface area (Å²) in [7, 11) is 0. The normalized spacial score (nSPS) is 15.2. The van der Waals surface area contributed by atoms with Crippen molar-refractivity contribution >= 4 is 18.0 Å². The zero-order chi connectivity index (χ0) is 25.7. The molecule has 188 valence electrons. The SMILES string of the molecule is CC(C)C(C(=O)NC(CC(=O)O)C(F)F)C(C)NC(=O)OCC1c2ccccc2-c2ccccc21. The Morgan fingerprint density at radius 2 is 1.49 bits per heavy atom. The number of hydrogen-bond acceptors (Lipinski definition) is 4. The molecule has 0 aromatic heterocycles. The molecule has 35 heavy (non-hydrogen) atoms. The number of rotatable bonds is 10. The molecule has 0 heterocycles. The van der Waals surface area contributed by atoms with Gasteiger partial charge < -0.3 is 20.5 Å². The lowest BCUT2D eigenvalue weighted by Gasteiger charge is -2.29. The third-order valence-corrected chi connectivity index (χ3v) is 6.28. The molecular weight excluding hydrogens is 458 g/mol. The molecule has 0 spiro atoms. The number of carboxylic acid groups (broad SMARTS) is 1. The van der Waals surface area contributed by atoms with Gasteiger partial charge in [0.15, 0.2) is 0 Å². The Labute approximate surface area is 202 Å². The molecule has 1 aliphatic carbocycles. The van der Waals surface area contributed by atoms with Gasteiger partial charge in [0.05, 0.1) is 12.3 Å². The second-order valence-corrected chi connectivity index (χ2v) is 9.08. The first-order chi connectivity index (χ1) is 16.6. The summed E-state index contributed by atoms with van der Waals surface area (Å²) in [5.74, 6) is -3.51. The Balaban J connectivity index is 1.63. The summed E-state index contributed by atoms with van der Waals surface area (Å²) in [5, 5.41) is 13.6. The van der Waals surface area contributed by atoms with E-state index in [9.17, 15) is 23.2 Å². The molecule has 2 aromatic rings. The highest BCUT2D eigenvalue weighted by molar-refractivity contribution is 5.82. The Bertz CT molecular complexity index is 1030. The lowest BCUT2D eigenvalue weighted by Crippen LogP contribution is -2.51. The molecule has 3 unspecified atom stereocenters. The van der Waals surface area contributed by atoms with E-state index in [0.29, 0.717) is 0 Å². The van der Waals surface area contributed by atoms with E-state index in [2.05, 4.69) is 10.6 Å². The Morgan fingerprint density at radius 1 is 0.943 bits per heavy atom. The Hall–Kier alpha value is -3.49. The zero-order valence-corrected chi connectivity index (χ0v) is 19.8. The van der Waals surface area contributed by atoms with Gasteiger partial charge in [-0.1, -0.05) is 62.4 Å². The van der Waals surface area contributed by atoms with Gasteiger partial charge in [-0.15, -0.1) is 0 Å². The number of ether oxygens (including phenoxy) is 1. The highest BCUT2D eigenvalue weighted by Gasteiger charge is 2.34. The first kappa shape index (κ1) is 26.1. The van der Waals surface area contributed by atoms with E-state index in [4.69, 9.17) is 9.84 Å². The minimum absolute atomic E-state index is 0.0944. The average Bonchev–Trinajstić information content (AvgIpc) is 3.10. The molecule has 2 amide bonds. The number of fused-ring (bicyclic) bond motifs is 3. The first-order valence-corrected chi connectivity index (χ1v) is 11.5. The van der Waals surface area contributed by atoms with Crippen LogP contribution in [0.25, 0.3) is 11.1 Å². The summed E-state index contributed by atoms with van der Waals surface area (Å²) >= 11 is 0. The molecule has 9 heteroatoms. The monoisotopic (exact) mass is 488 g/mol. The first-order valence-electron chi connectivity index (χ1n) is 11.5. The van der Waals surface area contributed by atoms with Crippen LogP contribution in [0.15, 0.2) is 48.5 Å². The summed E-state index contributed by atoms with van der Waals surface area (Å²) in [4.78, 5) is 36.2. The second kappa shape index (κ2) is 11.3. The van der Waals surface area contributed by atoms with Gasteiger partial charge in [0, 0.05) is 12.0 Å². The van der Waals surface area contributed by atoms with Gasteiger partial charge in [-0.25, -0.2) is 13.6 Å². The van der Waals surface area contributed by atoms with Gasteiger partial charge >= 0.3 is 12.1 Å². The van der Waals surface area contributed by atoms with E-state index in [1.165, 1.54) is 0 Å². The predicted octanol–water partition coefficient (Wildman–Crippen LogP) is 4.41. The average molecular weight is 489 g/mol. The maximum Gasteiger partial charge on any atom is 0.407 e. The van der Waals surface area contributed by atoms with Crippen molar-refractivity contribution in [2.45, 2.75) is 51.6 Å². The molecule has 0 bridgehead atoms. The highest BCUT2D eigenvalue weighted by atomic mass is 19.3. The van der Waals surface area contributed by atoms with Crippen LogP contribution in [0.3, 0.4) is 0 Å². The van der Waals surface area contributed by atoms with Crippen LogP contribution in [0.4, 0.5) is 13.6 Å². The van der Waals surface area contributed by atoms with Crippen LogP contribution in [-0.2, 0) is 14.3 Å². The molecular formula is C26H30F2N2O5. The summed E-state index contributed by atoms with van der Waals surface area (Å²) < 4.78 is 31.9. The molecule has 0 fully saturated rings. The van der Waals surface area contributed by atoms with E-state index in [-0.39, 0.29) is 18.4 Å². The Kier molecular flexibility index (Phi) is 8.43. The molecule has 2 aromatic carbocycles. The van der Waals surface area contributed by atoms with Crippen molar-refractivity contribution in [3.8, 4) is 11.1 Å². The number of amides is 2. The summed E-state index contributed by atoms with van der Waals surface area (Å²) in [5.41, 5.74) is 4.31. The van der Waals surface area contributed by atoms with E-state index in [1.807, 2.05) is 48.5 Å². The number of hydrogen-bond donors (Lipinski definition) is 3. The van der Waals surface area contributed by atoms with Gasteiger partial charge in [-0.3, -0.25) is 9.59 Å². The van der Waals surface area contributed by atoms with Crippen molar-refractivity contribution in [2.75, 3.05) is 6.61 Å². The van der Waals surface area contributed by atoms with Crippen LogP contribution >= 0.6 is 0 Å².